The number of nitrogens with one attached hydrogen (secondary N) is 1. The molecule has 0 aliphatic rings. The van der Waals surface area contributed by atoms with Gasteiger partial charge >= 0.3 is 0 Å². The number of sulfonamides is 1. The van der Waals surface area contributed by atoms with Crippen molar-refractivity contribution in [1.82, 2.24) is 5.32 Å². The highest BCUT2D eigenvalue weighted by Crippen LogP contribution is 2.23. The predicted molar refractivity (Wildman–Crippen MR) is 110 cm³/mol. The average Bonchev–Trinajstić information content (AvgIpc) is 2.53. The van der Waals surface area contributed by atoms with Crippen molar-refractivity contribution in [1.29, 1.82) is 0 Å². The second-order valence-electron chi connectivity index (χ2n) is 7.16. The van der Waals surface area contributed by atoms with Crippen LogP contribution in [0.4, 0.5) is 5.69 Å². The Kier molecular flexibility index (Phi) is 6.31. The number of carbonyl (C=O) groups is 1. The molecule has 2 aromatic carbocycles. The van der Waals surface area contributed by atoms with Crippen molar-refractivity contribution >= 4 is 21.6 Å². The molecule has 2 rings (SSSR count). The summed E-state index contributed by atoms with van der Waals surface area (Å²) in [6.45, 7) is 9.42. The van der Waals surface area contributed by atoms with Crippen LogP contribution in [0.25, 0.3) is 0 Å². The first kappa shape index (κ1) is 21.0. The molecule has 0 spiro atoms. The third kappa shape index (κ3) is 5.10. The van der Waals surface area contributed by atoms with E-state index in [4.69, 9.17) is 0 Å². The number of carbonyl (C=O) groups excluding carboxylic acids is 1. The maximum absolute atomic E-state index is 12.8. The molecule has 0 fully saturated rings. The number of benzene rings is 2. The van der Waals surface area contributed by atoms with Crippen LogP contribution in [0.1, 0.15) is 42.1 Å². The van der Waals surface area contributed by atoms with Crippen molar-refractivity contribution in [3.63, 3.8) is 0 Å². The Hall–Kier alpha value is -2.34. The Bertz CT molecular complexity index is 938. The first-order valence-electron chi connectivity index (χ1n) is 8.94. The zero-order chi connectivity index (χ0) is 20.4. The van der Waals surface area contributed by atoms with Gasteiger partial charge in [0.2, 0.25) is 15.9 Å². The van der Waals surface area contributed by atoms with Gasteiger partial charge in [0.15, 0.2) is 0 Å². The molecule has 1 amide bonds. The van der Waals surface area contributed by atoms with E-state index in [1.807, 2.05) is 45.9 Å². The summed E-state index contributed by atoms with van der Waals surface area (Å²) in [5, 5.41) is 2.95. The van der Waals surface area contributed by atoms with E-state index in [2.05, 4.69) is 11.4 Å². The minimum Gasteiger partial charge on any atom is -0.348 e. The molecule has 0 radical (unpaired) electrons. The molecule has 2 atom stereocenters. The van der Waals surface area contributed by atoms with Gasteiger partial charge in [0.1, 0.15) is 6.04 Å². The zero-order valence-electron chi connectivity index (χ0n) is 16.8. The maximum atomic E-state index is 12.8. The Labute approximate surface area is 162 Å². The fourth-order valence-corrected chi connectivity index (χ4v) is 4.46. The third-order valence-corrected chi connectivity index (χ3v) is 5.84. The molecule has 1 N–H and O–H groups in total. The summed E-state index contributed by atoms with van der Waals surface area (Å²) in [5.74, 6) is -0.339. The molecule has 0 aromatic heterocycles. The quantitative estimate of drug-likeness (QED) is 0.821. The summed E-state index contributed by atoms with van der Waals surface area (Å²) in [6.07, 6.45) is 1.12. The van der Waals surface area contributed by atoms with Gasteiger partial charge in [-0.2, -0.15) is 0 Å². The molecule has 0 heterocycles. The van der Waals surface area contributed by atoms with Crippen LogP contribution in [0.2, 0.25) is 0 Å². The standard InChI is InChI=1S/C21H28N2O3S/c1-14-8-7-9-19(13-14)23(27(6,25)26)18(5)21(24)22-17(4)20-11-10-15(2)12-16(20)3/h7-13,17-18H,1-6H3,(H,22,24). The Balaban J connectivity index is 2.27. The fourth-order valence-electron chi connectivity index (χ4n) is 3.30. The van der Waals surface area contributed by atoms with Crippen molar-refractivity contribution in [3.8, 4) is 0 Å². The van der Waals surface area contributed by atoms with Gasteiger partial charge in [-0.3, -0.25) is 9.10 Å². The second-order valence-corrected chi connectivity index (χ2v) is 9.02. The number of amides is 1. The number of hydrogen-bond acceptors (Lipinski definition) is 3. The highest BCUT2D eigenvalue weighted by molar-refractivity contribution is 7.92. The van der Waals surface area contributed by atoms with E-state index in [0.717, 1.165) is 28.5 Å². The molecule has 146 valence electrons. The molecule has 0 aliphatic heterocycles. The molecule has 0 aliphatic carbocycles. The molecule has 0 bridgehead atoms. The van der Waals surface area contributed by atoms with E-state index < -0.39 is 16.1 Å². The van der Waals surface area contributed by atoms with Crippen LogP contribution < -0.4 is 9.62 Å². The lowest BCUT2D eigenvalue weighted by Crippen LogP contribution is -2.48. The molecule has 2 unspecified atom stereocenters. The normalized spacial score (nSPS) is 13.7. The van der Waals surface area contributed by atoms with Crippen LogP contribution in [0.15, 0.2) is 42.5 Å². The van der Waals surface area contributed by atoms with Gasteiger partial charge in [-0.25, -0.2) is 8.42 Å². The van der Waals surface area contributed by atoms with Gasteiger partial charge in [-0.05, 0) is 63.4 Å². The molecule has 0 saturated heterocycles. The number of hydrogen-bond donors (Lipinski definition) is 1. The summed E-state index contributed by atoms with van der Waals surface area (Å²) in [5.41, 5.74) is 4.68. The van der Waals surface area contributed by atoms with E-state index in [1.165, 1.54) is 4.31 Å². The molecule has 2 aromatic rings. The van der Waals surface area contributed by atoms with Crippen molar-refractivity contribution < 1.29 is 13.2 Å². The predicted octanol–water partition coefficient (Wildman–Crippen LogP) is 3.64. The number of nitrogens with zero attached hydrogens (tertiary/aromatic N) is 1. The molecule has 5 nitrogen and oxygen atoms in total. The summed E-state index contributed by atoms with van der Waals surface area (Å²) in [7, 11) is -3.62. The van der Waals surface area contributed by atoms with E-state index >= 15 is 0 Å². The fraction of sp³-hybridized carbons (Fsp3) is 0.381. The minimum atomic E-state index is -3.62. The van der Waals surface area contributed by atoms with Crippen LogP contribution in [0.3, 0.4) is 0 Å². The van der Waals surface area contributed by atoms with Crippen LogP contribution in [0, 0.1) is 20.8 Å². The molecule has 6 heteroatoms. The van der Waals surface area contributed by atoms with Crippen LogP contribution in [-0.2, 0) is 14.8 Å². The van der Waals surface area contributed by atoms with E-state index in [1.54, 1.807) is 25.1 Å². The smallest absolute Gasteiger partial charge is 0.244 e. The van der Waals surface area contributed by atoms with Gasteiger partial charge in [-0.1, -0.05) is 35.9 Å². The SMILES string of the molecule is Cc1cccc(N(C(C)C(=O)NC(C)c2ccc(C)cc2C)S(C)(=O)=O)c1. The number of aryl methyl sites for hydroxylation is 3. The van der Waals surface area contributed by atoms with Crippen molar-refractivity contribution in [2.45, 2.75) is 46.7 Å². The summed E-state index contributed by atoms with van der Waals surface area (Å²) in [6, 6.07) is 12.1. The Morgan fingerprint density at radius 1 is 1.00 bits per heavy atom. The first-order chi connectivity index (χ1) is 12.5. The van der Waals surface area contributed by atoms with E-state index in [-0.39, 0.29) is 11.9 Å². The lowest BCUT2D eigenvalue weighted by molar-refractivity contribution is -0.122. The maximum Gasteiger partial charge on any atom is 0.244 e. The van der Waals surface area contributed by atoms with Gasteiger partial charge in [0.05, 0.1) is 18.0 Å². The lowest BCUT2D eigenvalue weighted by Gasteiger charge is -2.29. The highest BCUT2D eigenvalue weighted by atomic mass is 32.2. The number of anilines is 1. The van der Waals surface area contributed by atoms with Gasteiger partial charge < -0.3 is 5.32 Å². The Morgan fingerprint density at radius 2 is 1.63 bits per heavy atom. The summed E-state index contributed by atoms with van der Waals surface area (Å²) in [4.78, 5) is 12.8. The minimum absolute atomic E-state index is 0.223. The van der Waals surface area contributed by atoms with Crippen molar-refractivity contribution in [3.05, 3.63) is 64.7 Å². The average molecular weight is 389 g/mol. The first-order valence-corrected chi connectivity index (χ1v) is 10.8. The Morgan fingerprint density at radius 3 is 2.19 bits per heavy atom. The zero-order valence-corrected chi connectivity index (χ0v) is 17.6. The van der Waals surface area contributed by atoms with Crippen molar-refractivity contribution in [2.75, 3.05) is 10.6 Å². The van der Waals surface area contributed by atoms with E-state index in [9.17, 15) is 13.2 Å². The number of rotatable bonds is 6. The molecular formula is C21H28N2O3S. The van der Waals surface area contributed by atoms with Crippen LogP contribution in [0.5, 0.6) is 0 Å². The van der Waals surface area contributed by atoms with E-state index in [0.29, 0.717) is 5.69 Å². The topological polar surface area (TPSA) is 66.5 Å². The third-order valence-electron chi connectivity index (χ3n) is 4.60. The molecule has 27 heavy (non-hydrogen) atoms. The molecular weight excluding hydrogens is 360 g/mol. The summed E-state index contributed by atoms with van der Waals surface area (Å²) < 4.78 is 25.9. The van der Waals surface area contributed by atoms with Crippen LogP contribution in [-0.4, -0.2) is 26.6 Å². The molecule has 0 saturated carbocycles. The monoisotopic (exact) mass is 388 g/mol. The summed E-state index contributed by atoms with van der Waals surface area (Å²) >= 11 is 0. The van der Waals surface area contributed by atoms with Gasteiger partial charge in [-0.15, -0.1) is 0 Å². The lowest BCUT2D eigenvalue weighted by atomic mass is 10.00. The van der Waals surface area contributed by atoms with Crippen molar-refractivity contribution in [2.24, 2.45) is 0 Å². The van der Waals surface area contributed by atoms with Gasteiger partial charge in [0, 0.05) is 0 Å². The second kappa shape index (κ2) is 8.13. The largest absolute Gasteiger partial charge is 0.348 e. The highest BCUT2D eigenvalue weighted by Gasteiger charge is 2.30. The van der Waals surface area contributed by atoms with Gasteiger partial charge in [0.25, 0.3) is 0 Å². The van der Waals surface area contributed by atoms with Crippen LogP contribution >= 0.6 is 0 Å².